The Morgan fingerprint density at radius 1 is 1.21 bits per heavy atom. The van der Waals surface area contributed by atoms with E-state index < -0.39 is 17.3 Å². The average Bonchev–Trinajstić information content (AvgIpc) is 2.70. The van der Waals surface area contributed by atoms with Crippen molar-refractivity contribution in [3.63, 3.8) is 0 Å². The predicted molar refractivity (Wildman–Crippen MR) is 108 cm³/mol. The zero-order valence-corrected chi connectivity index (χ0v) is 16.2. The highest BCUT2D eigenvalue weighted by Crippen LogP contribution is 2.33. The molecule has 2 atom stereocenters. The Morgan fingerprint density at radius 3 is 2.69 bits per heavy atom. The van der Waals surface area contributed by atoms with Crippen LogP contribution >= 0.6 is 0 Å². The minimum absolute atomic E-state index is 0.0294. The van der Waals surface area contributed by atoms with Crippen LogP contribution < -0.4 is 5.63 Å². The number of β-amino-alcohol motifs (C(OH)–C–C–N with tert-alkyl or cyclic N) is 1. The SMILES string of the molecule is Cc1ccc2c(CC(=O)N3CC[C@](O)(c4ccccc4)[C@@H](O)C3)cc(=O)oc2c1. The molecule has 0 unspecified atom stereocenters. The number of carbonyl (C=O) groups excluding carboxylic acids is 1. The fourth-order valence-corrected chi connectivity index (χ4v) is 3.97. The van der Waals surface area contributed by atoms with E-state index >= 15 is 0 Å². The van der Waals surface area contributed by atoms with Gasteiger partial charge in [-0.1, -0.05) is 42.5 Å². The monoisotopic (exact) mass is 393 g/mol. The maximum absolute atomic E-state index is 12.9. The lowest BCUT2D eigenvalue weighted by atomic mass is 9.82. The summed E-state index contributed by atoms with van der Waals surface area (Å²) < 4.78 is 5.25. The van der Waals surface area contributed by atoms with Crippen LogP contribution in [-0.2, 0) is 16.8 Å². The third kappa shape index (κ3) is 3.69. The van der Waals surface area contributed by atoms with Gasteiger partial charge in [-0.2, -0.15) is 0 Å². The van der Waals surface area contributed by atoms with Gasteiger partial charge < -0.3 is 19.5 Å². The van der Waals surface area contributed by atoms with E-state index in [1.165, 1.54) is 11.0 Å². The number of rotatable bonds is 3. The summed E-state index contributed by atoms with van der Waals surface area (Å²) in [4.78, 5) is 26.3. The van der Waals surface area contributed by atoms with Gasteiger partial charge in [-0.25, -0.2) is 4.79 Å². The van der Waals surface area contributed by atoms with Crippen molar-refractivity contribution in [3.05, 3.63) is 81.7 Å². The first-order chi connectivity index (χ1) is 13.9. The summed E-state index contributed by atoms with van der Waals surface area (Å²) in [7, 11) is 0. The van der Waals surface area contributed by atoms with E-state index in [1.807, 2.05) is 37.3 Å². The minimum Gasteiger partial charge on any atom is -0.423 e. The van der Waals surface area contributed by atoms with Crippen molar-refractivity contribution in [3.8, 4) is 0 Å². The molecule has 150 valence electrons. The van der Waals surface area contributed by atoms with Crippen LogP contribution in [0.3, 0.4) is 0 Å². The van der Waals surface area contributed by atoms with Gasteiger partial charge in [0.05, 0.1) is 6.42 Å². The zero-order chi connectivity index (χ0) is 20.6. The first kappa shape index (κ1) is 19.4. The second-order valence-electron chi connectivity index (χ2n) is 7.66. The van der Waals surface area contributed by atoms with Crippen LogP contribution in [-0.4, -0.2) is 40.2 Å². The molecular weight excluding hydrogens is 370 g/mol. The minimum atomic E-state index is -1.38. The summed E-state index contributed by atoms with van der Waals surface area (Å²) in [5.41, 5.74) is 0.779. The summed E-state index contributed by atoms with van der Waals surface area (Å²) in [5, 5.41) is 22.3. The lowest BCUT2D eigenvalue weighted by Gasteiger charge is -2.42. The van der Waals surface area contributed by atoms with Crippen LogP contribution in [0.1, 0.15) is 23.1 Å². The van der Waals surface area contributed by atoms with Crippen LogP contribution in [0.4, 0.5) is 0 Å². The van der Waals surface area contributed by atoms with E-state index in [2.05, 4.69) is 0 Å². The van der Waals surface area contributed by atoms with Crippen molar-refractivity contribution in [2.45, 2.75) is 31.5 Å². The first-order valence-electron chi connectivity index (χ1n) is 9.64. The molecule has 2 N–H and O–H groups in total. The summed E-state index contributed by atoms with van der Waals surface area (Å²) in [6.45, 7) is 2.25. The first-order valence-corrected chi connectivity index (χ1v) is 9.64. The van der Waals surface area contributed by atoms with Crippen molar-refractivity contribution in [1.29, 1.82) is 0 Å². The number of hydrogen-bond donors (Lipinski definition) is 2. The second kappa shape index (κ2) is 7.46. The fraction of sp³-hybridized carbons (Fsp3) is 0.304. The molecule has 1 aliphatic rings. The van der Waals surface area contributed by atoms with Crippen LogP contribution in [0, 0.1) is 6.92 Å². The lowest BCUT2D eigenvalue weighted by Crippen LogP contribution is -2.55. The second-order valence-corrected chi connectivity index (χ2v) is 7.66. The van der Waals surface area contributed by atoms with Gasteiger partial charge in [0.2, 0.25) is 5.91 Å². The predicted octanol–water partition coefficient (Wildman–Crippen LogP) is 2.12. The summed E-state index contributed by atoms with van der Waals surface area (Å²) in [6, 6.07) is 15.9. The molecule has 6 heteroatoms. The van der Waals surface area contributed by atoms with E-state index in [-0.39, 0.29) is 25.3 Å². The molecule has 2 heterocycles. The van der Waals surface area contributed by atoms with Gasteiger partial charge in [-0.15, -0.1) is 0 Å². The Kier molecular flexibility index (Phi) is 4.98. The van der Waals surface area contributed by atoms with Gasteiger partial charge in [0, 0.05) is 31.0 Å². The van der Waals surface area contributed by atoms with Crippen LogP contribution in [0.5, 0.6) is 0 Å². The molecule has 29 heavy (non-hydrogen) atoms. The number of benzene rings is 2. The number of fused-ring (bicyclic) bond motifs is 1. The van der Waals surface area contributed by atoms with E-state index in [1.54, 1.807) is 18.2 Å². The number of aliphatic hydroxyl groups is 2. The smallest absolute Gasteiger partial charge is 0.336 e. The van der Waals surface area contributed by atoms with E-state index in [9.17, 15) is 19.8 Å². The van der Waals surface area contributed by atoms with Crippen LogP contribution in [0.15, 0.2) is 63.8 Å². The maximum atomic E-state index is 12.9. The number of carbonyl (C=O) groups is 1. The molecule has 1 amide bonds. The molecule has 1 fully saturated rings. The van der Waals surface area contributed by atoms with Gasteiger partial charge in [0.1, 0.15) is 17.3 Å². The van der Waals surface area contributed by atoms with Gasteiger partial charge >= 0.3 is 5.63 Å². The van der Waals surface area contributed by atoms with Crippen LogP contribution in [0.25, 0.3) is 11.0 Å². The molecule has 1 aliphatic heterocycles. The fourth-order valence-electron chi connectivity index (χ4n) is 3.97. The van der Waals surface area contributed by atoms with E-state index in [4.69, 9.17) is 4.42 Å². The van der Waals surface area contributed by atoms with Crippen molar-refractivity contribution in [2.24, 2.45) is 0 Å². The number of hydrogen-bond acceptors (Lipinski definition) is 5. The maximum Gasteiger partial charge on any atom is 0.336 e. The summed E-state index contributed by atoms with van der Waals surface area (Å²) in [6.07, 6.45) is -0.828. The summed E-state index contributed by atoms with van der Waals surface area (Å²) in [5.74, 6) is -0.202. The normalized spacial score (nSPS) is 22.0. The van der Waals surface area contributed by atoms with Crippen LogP contribution in [0.2, 0.25) is 0 Å². The molecular formula is C23H23NO5. The standard InChI is InChI=1S/C23H23NO5/c1-15-7-8-18-16(13-22(27)29-19(18)11-15)12-21(26)24-10-9-23(28,20(25)14-24)17-5-3-2-4-6-17/h2-8,11,13,20,25,28H,9-10,12,14H2,1H3/t20-,23-/m0/s1. The Labute approximate surface area is 168 Å². The van der Waals surface area contributed by atoms with Crippen molar-refractivity contribution >= 4 is 16.9 Å². The molecule has 6 nitrogen and oxygen atoms in total. The van der Waals surface area contributed by atoms with Gasteiger partial charge in [-0.3, -0.25) is 4.79 Å². The summed E-state index contributed by atoms with van der Waals surface area (Å²) >= 11 is 0. The third-order valence-electron chi connectivity index (χ3n) is 5.66. The van der Waals surface area contributed by atoms with Crippen molar-refractivity contribution in [1.82, 2.24) is 4.90 Å². The van der Waals surface area contributed by atoms with Gasteiger partial charge in [0.25, 0.3) is 0 Å². The molecule has 4 rings (SSSR count). The highest BCUT2D eigenvalue weighted by Gasteiger charge is 2.43. The Morgan fingerprint density at radius 2 is 1.97 bits per heavy atom. The van der Waals surface area contributed by atoms with Gasteiger partial charge in [0.15, 0.2) is 0 Å². The highest BCUT2D eigenvalue weighted by atomic mass is 16.4. The molecule has 1 aromatic heterocycles. The topological polar surface area (TPSA) is 91.0 Å². The highest BCUT2D eigenvalue weighted by molar-refractivity contribution is 5.87. The molecule has 0 saturated carbocycles. The molecule has 0 spiro atoms. The number of aliphatic hydroxyl groups excluding tert-OH is 1. The molecule has 3 aromatic rings. The van der Waals surface area contributed by atoms with Crippen molar-refractivity contribution in [2.75, 3.05) is 13.1 Å². The Bertz CT molecular complexity index is 1110. The number of piperidine rings is 1. The Balaban J connectivity index is 1.54. The molecule has 0 aliphatic carbocycles. The number of amides is 1. The quantitative estimate of drug-likeness (QED) is 0.665. The largest absolute Gasteiger partial charge is 0.423 e. The zero-order valence-electron chi connectivity index (χ0n) is 16.2. The lowest BCUT2D eigenvalue weighted by molar-refractivity contribution is -0.151. The Hall–Kier alpha value is -2.96. The third-order valence-corrected chi connectivity index (χ3v) is 5.66. The molecule has 0 bridgehead atoms. The number of aryl methyl sites for hydroxylation is 1. The van der Waals surface area contributed by atoms with Crippen molar-refractivity contribution < 1.29 is 19.4 Å². The molecule has 1 saturated heterocycles. The molecule has 2 aromatic carbocycles. The van der Waals surface area contributed by atoms with E-state index in [0.717, 1.165) is 10.9 Å². The average molecular weight is 393 g/mol. The number of nitrogens with zero attached hydrogens (tertiary/aromatic N) is 1. The number of likely N-dealkylation sites (tertiary alicyclic amines) is 1. The molecule has 0 radical (unpaired) electrons. The van der Waals surface area contributed by atoms with E-state index in [0.29, 0.717) is 23.3 Å². The van der Waals surface area contributed by atoms with Gasteiger partial charge in [-0.05, 0) is 29.7 Å².